The highest BCUT2D eigenvalue weighted by molar-refractivity contribution is 5.98. The summed E-state index contributed by atoms with van der Waals surface area (Å²) in [6, 6.07) is 6.95. The van der Waals surface area contributed by atoms with Gasteiger partial charge in [-0.3, -0.25) is 9.59 Å². The van der Waals surface area contributed by atoms with Crippen molar-refractivity contribution in [2.75, 3.05) is 0 Å². The van der Waals surface area contributed by atoms with Crippen LogP contribution in [0.4, 0.5) is 0 Å². The summed E-state index contributed by atoms with van der Waals surface area (Å²) in [5.74, 6) is -0.138. The van der Waals surface area contributed by atoms with E-state index in [9.17, 15) is 14.7 Å². The highest BCUT2D eigenvalue weighted by Crippen LogP contribution is 2.35. The fourth-order valence-electron chi connectivity index (χ4n) is 2.62. The first-order valence-corrected chi connectivity index (χ1v) is 6.93. The van der Waals surface area contributed by atoms with Gasteiger partial charge in [-0.1, -0.05) is 26.0 Å². The van der Waals surface area contributed by atoms with Gasteiger partial charge in [-0.15, -0.1) is 0 Å². The van der Waals surface area contributed by atoms with Gasteiger partial charge in [0.1, 0.15) is 23.6 Å². The Morgan fingerprint density at radius 3 is 2.45 bits per heavy atom. The summed E-state index contributed by atoms with van der Waals surface area (Å²) < 4.78 is 5.54. The number of hydrogen-bond donors (Lipinski definition) is 1. The number of carbonyl (C=O) groups is 2. The van der Waals surface area contributed by atoms with E-state index in [4.69, 9.17) is 4.74 Å². The zero-order valence-electron chi connectivity index (χ0n) is 11.9. The van der Waals surface area contributed by atoms with E-state index in [1.807, 2.05) is 26.0 Å². The molecule has 1 aliphatic heterocycles. The van der Waals surface area contributed by atoms with E-state index in [-0.39, 0.29) is 23.9 Å². The van der Waals surface area contributed by atoms with Gasteiger partial charge in [0, 0.05) is 6.42 Å². The number of phenolic OH excluding ortho intramolecular Hbond substituents is 1. The Balaban J connectivity index is 2.11. The van der Waals surface area contributed by atoms with E-state index >= 15 is 0 Å². The van der Waals surface area contributed by atoms with Crippen LogP contribution in [0.25, 0.3) is 0 Å². The van der Waals surface area contributed by atoms with Gasteiger partial charge in [-0.2, -0.15) is 0 Å². The van der Waals surface area contributed by atoms with Gasteiger partial charge in [0.05, 0.1) is 0 Å². The zero-order valence-corrected chi connectivity index (χ0v) is 11.9. The van der Waals surface area contributed by atoms with Crippen LogP contribution < -0.4 is 0 Å². The number of Topliss-reactive ketones (excluding diaryl/α,β-unsaturated/α-hetero) is 1. The average molecular weight is 276 g/mol. The van der Waals surface area contributed by atoms with Crippen LogP contribution in [0.2, 0.25) is 0 Å². The van der Waals surface area contributed by atoms with Crippen molar-refractivity contribution in [1.82, 2.24) is 0 Å². The van der Waals surface area contributed by atoms with Gasteiger partial charge in [0.15, 0.2) is 0 Å². The summed E-state index contributed by atoms with van der Waals surface area (Å²) in [7, 11) is 0. The van der Waals surface area contributed by atoms with Gasteiger partial charge in [0.2, 0.25) is 0 Å². The topological polar surface area (TPSA) is 63.6 Å². The molecule has 1 unspecified atom stereocenters. The zero-order chi connectivity index (χ0) is 14.8. The Morgan fingerprint density at radius 2 is 1.90 bits per heavy atom. The van der Waals surface area contributed by atoms with E-state index in [1.54, 1.807) is 12.1 Å². The molecule has 1 atom stereocenters. The molecule has 0 radical (unpaired) electrons. The molecule has 0 aliphatic carbocycles. The van der Waals surface area contributed by atoms with Crippen molar-refractivity contribution in [2.24, 2.45) is 5.92 Å². The van der Waals surface area contributed by atoms with Gasteiger partial charge >= 0.3 is 5.97 Å². The highest BCUT2D eigenvalue weighted by Gasteiger charge is 2.43. The largest absolute Gasteiger partial charge is 0.508 e. The van der Waals surface area contributed by atoms with Gasteiger partial charge in [-0.05, 0) is 36.5 Å². The van der Waals surface area contributed by atoms with Crippen LogP contribution in [-0.4, -0.2) is 22.5 Å². The Bertz CT molecular complexity index is 486. The molecule has 4 heteroatoms. The molecule has 0 saturated carbocycles. The SMILES string of the molecule is CC(C)C1(CCc2ccc(O)cc2)CC(=O)CC(=O)O1. The Morgan fingerprint density at radius 1 is 1.25 bits per heavy atom. The maximum absolute atomic E-state index is 11.7. The summed E-state index contributed by atoms with van der Waals surface area (Å²) in [5, 5.41) is 9.27. The predicted molar refractivity (Wildman–Crippen MR) is 74.3 cm³/mol. The van der Waals surface area contributed by atoms with Crippen LogP contribution >= 0.6 is 0 Å². The third-order valence-corrected chi connectivity index (χ3v) is 3.98. The first kappa shape index (κ1) is 14.6. The molecule has 108 valence electrons. The van der Waals surface area contributed by atoms with E-state index in [0.717, 1.165) is 5.56 Å². The Labute approximate surface area is 118 Å². The number of esters is 1. The quantitative estimate of drug-likeness (QED) is 0.678. The summed E-state index contributed by atoms with van der Waals surface area (Å²) in [6.45, 7) is 3.95. The standard InChI is InChI=1S/C16H20O4/c1-11(2)16(10-14(18)9-15(19)20-16)8-7-12-3-5-13(17)6-4-12/h3-6,11,17H,7-10H2,1-2H3. The molecule has 2 rings (SSSR count). The number of aryl methyl sites for hydroxylation is 1. The molecule has 0 amide bonds. The molecule has 1 aliphatic rings. The van der Waals surface area contributed by atoms with Crippen molar-refractivity contribution in [3.05, 3.63) is 29.8 Å². The number of ether oxygens (including phenoxy) is 1. The van der Waals surface area contributed by atoms with Crippen molar-refractivity contribution in [2.45, 2.75) is 45.1 Å². The smallest absolute Gasteiger partial charge is 0.313 e. The number of carbonyl (C=O) groups excluding carboxylic acids is 2. The number of hydrogen-bond acceptors (Lipinski definition) is 4. The number of aromatic hydroxyl groups is 1. The molecular formula is C16H20O4. The number of phenols is 1. The summed E-state index contributed by atoms with van der Waals surface area (Å²) in [6.07, 6.45) is 1.52. The monoisotopic (exact) mass is 276 g/mol. The third-order valence-electron chi connectivity index (χ3n) is 3.98. The van der Waals surface area contributed by atoms with Crippen molar-refractivity contribution in [3.63, 3.8) is 0 Å². The molecule has 0 bridgehead atoms. The molecule has 4 nitrogen and oxygen atoms in total. The van der Waals surface area contributed by atoms with Crippen LogP contribution in [-0.2, 0) is 20.7 Å². The maximum Gasteiger partial charge on any atom is 0.313 e. The van der Waals surface area contributed by atoms with E-state index in [0.29, 0.717) is 19.3 Å². The Kier molecular flexibility index (Phi) is 4.12. The highest BCUT2D eigenvalue weighted by atomic mass is 16.6. The van der Waals surface area contributed by atoms with Gasteiger partial charge < -0.3 is 9.84 Å². The van der Waals surface area contributed by atoms with Crippen molar-refractivity contribution in [1.29, 1.82) is 0 Å². The van der Waals surface area contributed by atoms with Gasteiger partial charge in [-0.25, -0.2) is 0 Å². The van der Waals surface area contributed by atoms with Crippen LogP contribution in [0.5, 0.6) is 5.75 Å². The molecule has 1 N–H and O–H groups in total. The molecule has 1 heterocycles. The van der Waals surface area contributed by atoms with E-state index in [1.165, 1.54) is 0 Å². The summed E-state index contributed by atoms with van der Waals surface area (Å²) >= 11 is 0. The predicted octanol–water partition coefficient (Wildman–Crippen LogP) is 2.63. The normalized spacial score (nSPS) is 22.9. The maximum atomic E-state index is 11.7. The first-order valence-electron chi connectivity index (χ1n) is 6.93. The first-order chi connectivity index (χ1) is 9.41. The minimum Gasteiger partial charge on any atom is -0.508 e. The molecule has 1 saturated heterocycles. The molecule has 20 heavy (non-hydrogen) atoms. The molecule has 0 spiro atoms. The molecular weight excluding hydrogens is 256 g/mol. The second-order valence-corrected chi connectivity index (χ2v) is 5.75. The van der Waals surface area contributed by atoms with Crippen LogP contribution in [0.1, 0.15) is 38.7 Å². The molecule has 1 fully saturated rings. The number of cyclic esters (lactones) is 1. The molecule has 1 aromatic rings. The fourth-order valence-corrected chi connectivity index (χ4v) is 2.62. The van der Waals surface area contributed by atoms with Gasteiger partial charge in [0.25, 0.3) is 0 Å². The summed E-state index contributed by atoms with van der Waals surface area (Å²) in [5.41, 5.74) is 0.363. The van der Waals surface area contributed by atoms with Crippen molar-refractivity contribution < 1.29 is 19.4 Å². The molecule has 0 aromatic heterocycles. The third kappa shape index (κ3) is 3.18. The lowest BCUT2D eigenvalue weighted by Crippen LogP contribution is -2.47. The van der Waals surface area contributed by atoms with Crippen LogP contribution in [0, 0.1) is 5.92 Å². The van der Waals surface area contributed by atoms with E-state index < -0.39 is 11.6 Å². The molecule has 1 aromatic carbocycles. The average Bonchev–Trinajstić information content (AvgIpc) is 2.37. The fraction of sp³-hybridized carbons (Fsp3) is 0.500. The Hall–Kier alpha value is -1.84. The minimum absolute atomic E-state index is 0.0411. The lowest BCUT2D eigenvalue weighted by Gasteiger charge is -2.39. The number of rotatable bonds is 4. The van der Waals surface area contributed by atoms with Crippen molar-refractivity contribution >= 4 is 11.8 Å². The van der Waals surface area contributed by atoms with Crippen LogP contribution in [0.15, 0.2) is 24.3 Å². The lowest BCUT2D eigenvalue weighted by molar-refractivity contribution is -0.177. The van der Waals surface area contributed by atoms with Crippen LogP contribution in [0.3, 0.4) is 0 Å². The summed E-state index contributed by atoms with van der Waals surface area (Å²) in [4.78, 5) is 23.3. The van der Waals surface area contributed by atoms with Crippen molar-refractivity contribution in [3.8, 4) is 5.75 Å². The minimum atomic E-state index is -0.690. The number of benzene rings is 1. The number of ketones is 1. The second-order valence-electron chi connectivity index (χ2n) is 5.75. The lowest BCUT2D eigenvalue weighted by atomic mass is 9.78. The second kappa shape index (κ2) is 5.65. The van der Waals surface area contributed by atoms with E-state index in [2.05, 4.69) is 0 Å².